The molecular weight excluding hydrogens is 400 g/mol. The minimum Gasteiger partial charge on any atom is -0.461 e. The largest absolute Gasteiger partial charge is 0.461 e. The zero-order valence-electron chi connectivity index (χ0n) is 18.2. The van der Waals surface area contributed by atoms with E-state index in [2.05, 4.69) is 15.1 Å². The van der Waals surface area contributed by atoms with Crippen molar-refractivity contribution in [2.45, 2.75) is 58.3 Å². The Bertz CT molecular complexity index is 991. The lowest BCUT2D eigenvalue weighted by Gasteiger charge is -2.21. The van der Waals surface area contributed by atoms with Crippen molar-refractivity contribution in [2.24, 2.45) is 0 Å². The molecule has 1 amide bonds. The summed E-state index contributed by atoms with van der Waals surface area (Å²) >= 11 is 0. The lowest BCUT2D eigenvalue weighted by atomic mass is 10.0. The molecule has 0 unspecified atom stereocenters. The average Bonchev–Trinajstić information content (AvgIpc) is 3.10. The van der Waals surface area contributed by atoms with Crippen LogP contribution in [0.3, 0.4) is 0 Å². The number of Topliss-reactive ketones (excluding diaryl/α,β-unsaturated/α-hetero) is 1. The highest BCUT2D eigenvalue weighted by atomic mass is 16.5. The Morgan fingerprint density at radius 3 is 2.68 bits per heavy atom. The van der Waals surface area contributed by atoms with E-state index in [1.807, 2.05) is 31.3 Å². The van der Waals surface area contributed by atoms with Crippen molar-refractivity contribution in [2.75, 3.05) is 7.11 Å². The Labute approximate surface area is 180 Å². The standard InChI is InChI=1S/C22H28N4O5/c1-13(2)31-22(29)18(8-6-16(27)12-25-23)26-21(28)20(30-4)10-15-11-24-19-9-14(3)5-7-17(15)19/h5,7,9,11-13,18,20,23-24H,6,8,10H2,1-4H3/p+1/t18-,20-/m0/s1. The van der Waals surface area contributed by atoms with E-state index >= 15 is 0 Å². The first-order valence-electron chi connectivity index (χ1n) is 10.1. The first-order valence-corrected chi connectivity index (χ1v) is 10.1. The van der Waals surface area contributed by atoms with Gasteiger partial charge in [0, 0.05) is 37.1 Å². The van der Waals surface area contributed by atoms with E-state index < -0.39 is 29.8 Å². The number of carbonyl (C=O) groups excluding carboxylic acids is 3. The Kier molecular flexibility index (Phi) is 8.66. The molecule has 2 rings (SSSR count). The summed E-state index contributed by atoms with van der Waals surface area (Å²) < 4.78 is 10.6. The van der Waals surface area contributed by atoms with Crippen molar-refractivity contribution in [1.82, 2.24) is 10.3 Å². The number of fused-ring (bicyclic) bond motifs is 1. The van der Waals surface area contributed by atoms with Gasteiger partial charge in [-0.15, -0.1) is 0 Å². The van der Waals surface area contributed by atoms with Crippen LogP contribution < -0.4 is 5.32 Å². The number of rotatable bonds is 11. The van der Waals surface area contributed by atoms with Gasteiger partial charge in [-0.3, -0.25) is 9.59 Å². The fraction of sp³-hybridized carbons (Fsp3) is 0.455. The number of ketones is 1. The number of nitrogens with one attached hydrogen (secondary N) is 3. The molecule has 31 heavy (non-hydrogen) atoms. The van der Waals surface area contributed by atoms with Gasteiger partial charge in [-0.2, -0.15) is 0 Å². The number of H-pyrrole nitrogens is 1. The number of hydrogen-bond donors (Lipinski definition) is 3. The number of nitrogens with zero attached hydrogens (tertiary/aromatic N) is 1. The lowest BCUT2D eigenvalue weighted by molar-refractivity contribution is -0.152. The zero-order chi connectivity index (χ0) is 23.0. The van der Waals surface area contributed by atoms with Crippen LogP contribution in [0.2, 0.25) is 0 Å². The van der Waals surface area contributed by atoms with E-state index in [1.165, 1.54) is 7.11 Å². The number of methoxy groups -OCH3 is 1. The van der Waals surface area contributed by atoms with E-state index in [-0.39, 0.29) is 18.9 Å². The van der Waals surface area contributed by atoms with Gasteiger partial charge in [-0.1, -0.05) is 12.1 Å². The number of hydrogen-bond acceptors (Lipinski definition) is 6. The molecule has 1 heterocycles. The Morgan fingerprint density at radius 1 is 1.29 bits per heavy atom. The summed E-state index contributed by atoms with van der Waals surface area (Å²) in [5.41, 5.74) is 9.73. The van der Waals surface area contributed by atoms with Gasteiger partial charge < -0.3 is 19.8 Å². The van der Waals surface area contributed by atoms with Crippen LogP contribution in [0.15, 0.2) is 24.4 Å². The van der Waals surface area contributed by atoms with Crippen LogP contribution in [-0.2, 0) is 30.3 Å². The molecule has 2 aromatic rings. The quantitative estimate of drug-likeness (QED) is 0.218. The number of amides is 1. The summed E-state index contributed by atoms with van der Waals surface area (Å²) in [4.78, 5) is 43.1. The van der Waals surface area contributed by atoms with Gasteiger partial charge in [0.2, 0.25) is 11.7 Å². The summed E-state index contributed by atoms with van der Waals surface area (Å²) in [6.07, 6.45) is 1.79. The van der Waals surface area contributed by atoms with Crippen LogP contribution in [-0.4, -0.2) is 59.0 Å². The number of benzene rings is 1. The van der Waals surface area contributed by atoms with Crippen molar-refractivity contribution in [3.05, 3.63) is 35.5 Å². The van der Waals surface area contributed by atoms with E-state index in [9.17, 15) is 14.4 Å². The van der Waals surface area contributed by atoms with Gasteiger partial charge in [0.1, 0.15) is 12.1 Å². The number of ether oxygens (including phenoxy) is 2. The molecule has 1 aromatic carbocycles. The summed E-state index contributed by atoms with van der Waals surface area (Å²) in [6.45, 7) is 5.40. The van der Waals surface area contributed by atoms with Gasteiger partial charge in [0.15, 0.2) is 0 Å². The first-order chi connectivity index (χ1) is 14.7. The number of aromatic amines is 1. The van der Waals surface area contributed by atoms with Crippen molar-refractivity contribution in [1.29, 1.82) is 5.53 Å². The summed E-state index contributed by atoms with van der Waals surface area (Å²) in [5.74, 6) is -1.52. The third-order valence-electron chi connectivity index (χ3n) is 4.75. The molecule has 3 N–H and O–H groups in total. The Balaban J connectivity index is 2.13. The summed E-state index contributed by atoms with van der Waals surface area (Å²) in [7, 11) is 1.43. The fourth-order valence-electron chi connectivity index (χ4n) is 3.20. The molecule has 0 bridgehead atoms. The minimum absolute atomic E-state index is 0.0327. The lowest BCUT2D eigenvalue weighted by Crippen LogP contribution is -2.48. The van der Waals surface area contributed by atoms with Gasteiger partial charge in [-0.05, 0) is 44.4 Å². The second-order valence-corrected chi connectivity index (χ2v) is 7.60. The van der Waals surface area contributed by atoms with Crippen molar-refractivity contribution < 1.29 is 28.6 Å². The van der Waals surface area contributed by atoms with E-state index in [0.29, 0.717) is 6.42 Å². The van der Waals surface area contributed by atoms with Crippen LogP contribution in [0.1, 0.15) is 37.8 Å². The molecule has 9 heteroatoms. The average molecular weight is 429 g/mol. The van der Waals surface area contributed by atoms with Crippen LogP contribution in [0, 0.1) is 12.5 Å². The van der Waals surface area contributed by atoms with E-state index in [0.717, 1.165) is 28.2 Å². The third kappa shape index (κ3) is 6.87. The van der Waals surface area contributed by atoms with E-state index in [4.69, 9.17) is 15.0 Å². The molecule has 0 saturated carbocycles. The third-order valence-corrected chi connectivity index (χ3v) is 4.75. The SMILES string of the molecule is CO[C@@H](Cc1c[nH]c2cc(C)ccc12)C(=O)N[C@@H](CCC(=O)C=[N+]=N)C(=O)OC(C)C. The molecular formula is C22H29N4O5+. The van der Waals surface area contributed by atoms with Gasteiger partial charge in [0.25, 0.3) is 0 Å². The van der Waals surface area contributed by atoms with E-state index in [1.54, 1.807) is 13.8 Å². The second-order valence-electron chi connectivity index (χ2n) is 7.60. The number of aryl methyl sites for hydroxylation is 1. The molecule has 2 atom stereocenters. The number of esters is 1. The van der Waals surface area contributed by atoms with Gasteiger partial charge >= 0.3 is 12.2 Å². The smallest absolute Gasteiger partial charge is 0.372 e. The molecule has 0 spiro atoms. The highest BCUT2D eigenvalue weighted by molar-refractivity contribution is 6.25. The second kappa shape index (κ2) is 11.2. The normalized spacial score (nSPS) is 12.8. The maximum Gasteiger partial charge on any atom is 0.372 e. The first kappa shape index (κ1) is 24.0. The predicted molar refractivity (Wildman–Crippen MR) is 114 cm³/mol. The van der Waals surface area contributed by atoms with Crippen LogP contribution in [0.5, 0.6) is 0 Å². The monoisotopic (exact) mass is 429 g/mol. The van der Waals surface area contributed by atoms with Crippen LogP contribution in [0.25, 0.3) is 10.9 Å². The molecule has 0 aliphatic heterocycles. The maximum atomic E-state index is 12.9. The number of carbonyl (C=O) groups is 3. The highest BCUT2D eigenvalue weighted by Gasteiger charge is 2.28. The Morgan fingerprint density at radius 2 is 2.03 bits per heavy atom. The summed E-state index contributed by atoms with van der Waals surface area (Å²) in [5, 5.41) is 3.64. The number of aromatic nitrogens is 1. The maximum absolute atomic E-state index is 12.9. The van der Waals surface area contributed by atoms with Crippen molar-refractivity contribution in [3.8, 4) is 0 Å². The predicted octanol–water partition coefficient (Wildman–Crippen LogP) is 2.13. The van der Waals surface area contributed by atoms with Gasteiger partial charge in [-0.25, -0.2) is 4.79 Å². The molecule has 0 aliphatic carbocycles. The molecule has 0 fully saturated rings. The topological polar surface area (TPSA) is 135 Å². The van der Waals surface area contributed by atoms with Crippen molar-refractivity contribution >= 4 is 34.8 Å². The fourth-order valence-corrected chi connectivity index (χ4v) is 3.20. The molecule has 0 saturated heterocycles. The molecule has 1 aromatic heterocycles. The van der Waals surface area contributed by atoms with Crippen LogP contribution >= 0.6 is 0 Å². The summed E-state index contributed by atoms with van der Waals surface area (Å²) in [6, 6.07) is 5.00. The van der Waals surface area contributed by atoms with Gasteiger partial charge in [0.05, 0.1) is 16.4 Å². The molecule has 9 nitrogen and oxygen atoms in total. The molecule has 166 valence electrons. The zero-order valence-corrected chi connectivity index (χ0v) is 18.2. The minimum atomic E-state index is -1.01. The molecule has 0 aliphatic rings. The van der Waals surface area contributed by atoms with Crippen LogP contribution in [0.4, 0.5) is 0 Å². The Hall–Kier alpha value is -3.29. The molecule has 0 radical (unpaired) electrons. The van der Waals surface area contributed by atoms with Crippen molar-refractivity contribution in [3.63, 3.8) is 0 Å². The highest BCUT2D eigenvalue weighted by Crippen LogP contribution is 2.21.